The molecule has 128 valence electrons. The molecule has 1 atom stereocenters. The summed E-state index contributed by atoms with van der Waals surface area (Å²) in [6.07, 6.45) is 5.67. The first kappa shape index (κ1) is 15.3. The maximum atomic E-state index is 12.2. The van der Waals surface area contributed by atoms with Gasteiger partial charge in [0.15, 0.2) is 5.65 Å². The maximum Gasteiger partial charge on any atom is 0.237 e. The number of aryl methyl sites for hydroxylation is 1. The van der Waals surface area contributed by atoms with Crippen molar-refractivity contribution in [3.8, 4) is 0 Å². The number of fused-ring (bicyclic) bond motifs is 1. The molecule has 4 rings (SSSR count). The Bertz CT molecular complexity index is 746. The first-order chi connectivity index (χ1) is 11.6. The van der Waals surface area contributed by atoms with Crippen LogP contribution in [0.4, 0.5) is 5.82 Å². The van der Waals surface area contributed by atoms with Gasteiger partial charge in [0.1, 0.15) is 12.1 Å². The number of anilines is 1. The van der Waals surface area contributed by atoms with Crippen molar-refractivity contribution in [3.63, 3.8) is 0 Å². The van der Waals surface area contributed by atoms with Gasteiger partial charge >= 0.3 is 0 Å². The second kappa shape index (κ2) is 6.01. The molecule has 2 aliphatic rings. The lowest BCUT2D eigenvalue weighted by molar-refractivity contribution is -0.126. The van der Waals surface area contributed by atoms with E-state index in [2.05, 4.69) is 30.2 Å². The monoisotopic (exact) mass is 329 g/mol. The molecule has 1 N–H and O–H groups in total. The molecule has 2 fully saturated rings. The number of carbonyl (C=O) groups is 1. The minimum atomic E-state index is -0.0726. The van der Waals surface area contributed by atoms with Gasteiger partial charge in [0, 0.05) is 39.3 Å². The van der Waals surface area contributed by atoms with Crippen LogP contribution in [0.25, 0.3) is 11.0 Å². The molecule has 8 nitrogen and oxygen atoms in total. The maximum absolute atomic E-state index is 12.2. The molecular formula is C16H23N7O. The van der Waals surface area contributed by atoms with E-state index in [0.29, 0.717) is 6.04 Å². The van der Waals surface area contributed by atoms with E-state index in [9.17, 15) is 4.79 Å². The van der Waals surface area contributed by atoms with Gasteiger partial charge in [-0.15, -0.1) is 0 Å². The Labute approximate surface area is 140 Å². The lowest BCUT2D eigenvalue weighted by Crippen LogP contribution is -2.54. The SMILES string of the molecule is CC(C(=O)NC1CC1)N1CCN(c2ncnc3c2cnn3C)CC1. The Morgan fingerprint density at radius 3 is 2.71 bits per heavy atom. The third-order valence-corrected chi connectivity index (χ3v) is 4.97. The van der Waals surface area contributed by atoms with Crippen molar-refractivity contribution in [3.05, 3.63) is 12.5 Å². The summed E-state index contributed by atoms with van der Waals surface area (Å²) >= 11 is 0. The number of piperazine rings is 1. The summed E-state index contributed by atoms with van der Waals surface area (Å²) in [5.41, 5.74) is 0.847. The minimum Gasteiger partial charge on any atom is -0.353 e. The molecule has 2 aromatic rings. The fraction of sp³-hybridized carbons (Fsp3) is 0.625. The fourth-order valence-electron chi connectivity index (χ4n) is 3.24. The van der Waals surface area contributed by atoms with Gasteiger partial charge in [-0.3, -0.25) is 14.4 Å². The van der Waals surface area contributed by atoms with Crippen molar-refractivity contribution in [2.45, 2.75) is 31.8 Å². The Morgan fingerprint density at radius 2 is 2.00 bits per heavy atom. The quantitative estimate of drug-likeness (QED) is 0.860. The number of nitrogens with one attached hydrogen (secondary N) is 1. The summed E-state index contributed by atoms with van der Waals surface area (Å²) < 4.78 is 1.76. The summed E-state index contributed by atoms with van der Waals surface area (Å²) in [7, 11) is 1.89. The van der Waals surface area contributed by atoms with Crippen LogP contribution in [0.5, 0.6) is 0 Å². The van der Waals surface area contributed by atoms with Crippen molar-refractivity contribution in [2.24, 2.45) is 7.05 Å². The predicted octanol–water partition coefficient (Wildman–Crippen LogP) is 0.152. The van der Waals surface area contributed by atoms with Gasteiger partial charge in [0.25, 0.3) is 0 Å². The van der Waals surface area contributed by atoms with E-state index in [1.165, 1.54) is 0 Å². The Morgan fingerprint density at radius 1 is 1.25 bits per heavy atom. The number of aromatic nitrogens is 4. The van der Waals surface area contributed by atoms with Crippen molar-refractivity contribution in [1.29, 1.82) is 0 Å². The zero-order chi connectivity index (χ0) is 16.7. The third-order valence-electron chi connectivity index (χ3n) is 4.97. The van der Waals surface area contributed by atoms with E-state index in [0.717, 1.165) is 55.9 Å². The van der Waals surface area contributed by atoms with Gasteiger partial charge < -0.3 is 10.2 Å². The molecule has 3 heterocycles. The van der Waals surface area contributed by atoms with Gasteiger partial charge in [0.2, 0.25) is 5.91 Å². The normalized spacial score (nSPS) is 20.3. The van der Waals surface area contributed by atoms with Crippen LogP contribution in [-0.2, 0) is 11.8 Å². The average molecular weight is 329 g/mol. The highest BCUT2D eigenvalue weighted by molar-refractivity contribution is 5.86. The highest BCUT2D eigenvalue weighted by Crippen LogP contribution is 2.24. The van der Waals surface area contributed by atoms with E-state index < -0.39 is 0 Å². The lowest BCUT2D eigenvalue weighted by Gasteiger charge is -2.38. The topological polar surface area (TPSA) is 79.2 Å². The van der Waals surface area contributed by atoms with E-state index in [1.807, 2.05) is 20.2 Å². The minimum absolute atomic E-state index is 0.0726. The molecule has 1 unspecified atom stereocenters. The van der Waals surface area contributed by atoms with Crippen LogP contribution in [0.1, 0.15) is 19.8 Å². The molecule has 0 aromatic carbocycles. The number of amides is 1. The van der Waals surface area contributed by atoms with Crippen LogP contribution in [-0.4, -0.2) is 68.8 Å². The van der Waals surface area contributed by atoms with Crippen LogP contribution in [0, 0.1) is 0 Å². The Kier molecular flexibility index (Phi) is 3.84. The molecule has 1 saturated heterocycles. The summed E-state index contributed by atoms with van der Waals surface area (Å²) in [5, 5.41) is 8.35. The zero-order valence-electron chi connectivity index (χ0n) is 14.1. The summed E-state index contributed by atoms with van der Waals surface area (Å²) in [4.78, 5) is 25.5. The van der Waals surface area contributed by atoms with Gasteiger partial charge in [-0.05, 0) is 19.8 Å². The second-order valence-corrected chi connectivity index (χ2v) is 6.68. The van der Waals surface area contributed by atoms with Crippen molar-refractivity contribution < 1.29 is 4.79 Å². The lowest BCUT2D eigenvalue weighted by atomic mass is 10.2. The molecule has 1 aliphatic heterocycles. The van der Waals surface area contributed by atoms with Crippen molar-refractivity contribution >= 4 is 22.8 Å². The zero-order valence-corrected chi connectivity index (χ0v) is 14.1. The number of hydrogen-bond donors (Lipinski definition) is 1. The van der Waals surface area contributed by atoms with E-state index in [1.54, 1.807) is 11.0 Å². The summed E-state index contributed by atoms with van der Waals surface area (Å²) in [6, 6.07) is 0.345. The van der Waals surface area contributed by atoms with Crippen LogP contribution in [0.2, 0.25) is 0 Å². The fourth-order valence-corrected chi connectivity index (χ4v) is 3.24. The molecule has 8 heteroatoms. The molecule has 1 aliphatic carbocycles. The van der Waals surface area contributed by atoms with Crippen molar-refractivity contribution in [1.82, 2.24) is 30.0 Å². The van der Waals surface area contributed by atoms with Gasteiger partial charge in [-0.2, -0.15) is 5.10 Å². The van der Waals surface area contributed by atoms with E-state index >= 15 is 0 Å². The number of hydrogen-bond acceptors (Lipinski definition) is 6. The molecule has 24 heavy (non-hydrogen) atoms. The van der Waals surface area contributed by atoms with Crippen LogP contribution < -0.4 is 10.2 Å². The second-order valence-electron chi connectivity index (χ2n) is 6.68. The molecule has 0 bridgehead atoms. The predicted molar refractivity (Wildman–Crippen MR) is 90.7 cm³/mol. The molecule has 2 aromatic heterocycles. The molecular weight excluding hydrogens is 306 g/mol. The summed E-state index contributed by atoms with van der Waals surface area (Å²) in [6.45, 7) is 5.40. The van der Waals surface area contributed by atoms with Gasteiger partial charge in [0.05, 0.1) is 17.6 Å². The van der Waals surface area contributed by atoms with Crippen LogP contribution in [0.3, 0.4) is 0 Å². The largest absolute Gasteiger partial charge is 0.353 e. The van der Waals surface area contributed by atoms with Crippen molar-refractivity contribution in [2.75, 3.05) is 31.1 Å². The number of nitrogens with zero attached hydrogens (tertiary/aromatic N) is 6. The first-order valence-electron chi connectivity index (χ1n) is 8.55. The Hall–Kier alpha value is -2.22. The van der Waals surface area contributed by atoms with Crippen LogP contribution >= 0.6 is 0 Å². The van der Waals surface area contributed by atoms with Crippen LogP contribution in [0.15, 0.2) is 12.5 Å². The highest BCUT2D eigenvalue weighted by atomic mass is 16.2. The van der Waals surface area contributed by atoms with Gasteiger partial charge in [-0.1, -0.05) is 0 Å². The number of carbonyl (C=O) groups excluding carboxylic acids is 1. The van der Waals surface area contributed by atoms with E-state index in [-0.39, 0.29) is 11.9 Å². The third kappa shape index (κ3) is 2.82. The number of rotatable bonds is 4. The summed E-state index contributed by atoms with van der Waals surface area (Å²) in [5.74, 6) is 1.09. The molecule has 1 amide bonds. The van der Waals surface area contributed by atoms with E-state index in [4.69, 9.17) is 0 Å². The smallest absolute Gasteiger partial charge is 0.237 e. The standard InChI is InChI=1S/C16H23N7O/c1-11(16(24)20-12-3-4-12)22-5-7-23(8-6-22)15-13-9-19-21(2)14(13)17-10-18-15/h9-12H,3-8H2,1-2H3,(H,20,24). The molecule has 0 radical (unpaired) electrons. The highest BCUT2D eigenvalue weighted by Gasteiger charge is 2.30. The first-order valence-corrected chi connectivity index (χ1v) is 8.55. The molecule has 1 saturated carbocycles. The Balaban J connectivity index is 1.42. The average Bonchev–Trinajstić information content (AvgIpc) is 3.35. The van der Waals surface area contributed by atoms with Gasteiger partial charge in [-0.25, -0.2) is 9.97 Å². The molecule has 0 spiro atoms.